The smallest absolute Gasteiger partial charge is 0.379 e. The fraction of sp³-hybridized carbons (Fsp3) is 0.200. The molecule has 1 aliphatic carbocycles. The maximum absolute atomic E-state index is 12.4. The van der Waals surface area contributed by atoms with Gasteiger partial charge in [0, 0.05) is 35.6 Å². The standard InChI is InChI=1S/C35H32O7/c1-19(2)32(36)35(39)41-28-16-23-8-9-25(15-26(23)17-28)29-12-10-24(14-22(29)7)30-13-11-27(40-33(37)20(3)4)18-31(30)42-34(38)21(5)6/h8-15,18,28H,1,3,5,16-17H2,2,4,6-7H3. The maximum atomic E-state index is 12.4. The molecule has 1 aliphatic rings. The summed E-state index contributed by atoms with van der Waals surface area (Å²) >= 11 is 0. The lowest BCUT2D eigenvalue weighted by atomic mass is 9.93. The van der Waals surface area contributed by atoms with Crippen LogP contribution in [0.4, 0.5) is 0 Å². The number of Topliss-reactive ketones (excluding diaryl/α,β-unsaturated/α-hetero) is 1. The Bertz CT molecular complexity index is 1670. The van der Waals surface area contributed by atoms with Crippen molar-refractivity contribution in [3.63, 3.8) is 0 Å². The van der Waals surface area contributed by atoms with E-state index >= 15 is 0 Å². The molecule has 0 saturated carbocycles. The van der Waals surface area contributed by atoms with E-state index in [1.165, 1.54) is 13.0 Å². The normalized spacial score (nSPS) is 13.5. The topological polar surface area (TPSA) is 96.0 Å². The molecule has 0 fully saturated rings. The van der Waals surface area contributed by atoms with Gasteiger partial charge in [-0.3, -0.25) is 4.79 Å². The van der Waals surface area contributed by atoms with Gasteiger partial charge in [0.2, 0.25) is 0 Å². The lowest BCUT2D eigenvalue weighted by molar-refractivity contribution is -0.156. The SMILES string of the molecule is C=C(C)C(=O)Oc1ccc(-c2ccc(-c3ccc4c(c3)CC(OC(=O)C(=O)C(=C)C)C4)c(C)c2)c(OC(=O)C(=C)C)c1. The molecule has 7 nitrogen and oxygen atoms in total. The van der Waals surface area contributed by atoms with Gasteiger partial charge in [0.1, 0.15) is 17.6 Å². The summed E-state index contributed by atoms with van der Waals surface area (Å²) in [7, 11) is 0. The third-order valence-electron chi connectivity index (χ3n) is 6.86. The monoisotopic (exact) mass is 564 g/mol. The molecule has 1 atom stereocenters. The van der Waals surface area contributed by atoms with Crippen LogP contribution in [0.3, 0.4) is 0 Å². The van der Waals surface area contributed by atoms with E-state index in [2.05, 4.69) is 25.8 Å². The van der Waals surface area contributed by atoms with Crippen LogP contribution in [0.5, 0.6) is 11.5 Å². The minimum absolute atomic E-state index is 0.153. The molecule has 0 aromatic heterocycles. The van der Waals surface area contributed by atoms with Crippen LogP contribution in [-0.2, 0) is 36.8 Å². The van der Waals surface area contributed by atoms with Crippen LogP contribution in [0.1, 0.15) is 37.5 Å². The third-order valence-corrected chi connectivity index (χ3v) is 6.86. The number of carbonyl (C=O) groups excluding carboxylic acids is 4. The molecule has 4 rings (SSSR count). The highest BCUT2D eigenvalue weighted by atomic mass is 16.6. The zero-order valence-corrected chi connectivity index (χ0v) is 24.2. The highest BCUT2D eigenvalue weighted by molar-refractivity contribution is 6.40. The van der Waals surface area contributed by atoms with E-state index in [1.807, 2.05) is 37.3 Å². The molecular formula is C35H32O7. The number of benzene rings is 3. The number of ether oxygens (including phenoxy) is 3. The number of ketones is 1. The van der Waals surface area contributed by atoms with Gasteiger partial charge in [0.15, 0.2) is 0 Å². The van der Waals surface area contributed by atoms with Crippen molar-refractivity contribution in [2.24, 2.45) is 0 Å². The predicted octanol–water partition coefficient (Wildman–Crippen LogP) is 6.45. The van der Waals surface area contributed by atoms with Gasteiger partial charge in [0.05, 0.1) is 0 Å². The van der Waals surface area contributed by atoms with Crippen molar-refractivity contribution >= 4 is 23.7 Å². The van der Waals surface area contributed by atoms with Crippen molar-refractivity contribution in [1.29, 1.82) is 0 Å². The molecule has 0 bridgehead atoms. The van der Waals surface area contributed by atoms with E-state index in [0.29, 0.717) is 18.4 Å². The van der Waals surface area contributed by atoms with Crippen molar-refractivity contribution in [1.82, 2.24) is 0 Å². The van der Waals surface area contributed by atoms with Crippen LogP contribution in [0.2, 0.25) is 0 Å². The van der Waals surface area contributed by atoms with E-state index in [0.717, 1.165) is 33.4 Å². The molecule has 0 saturated heterocycles. The first kappa shape index (κ1) is 29.9. The number of fused-ring (bicyclic) bond motifs is 1. The first-order chi connectivity index (χ1) is 19.8. The zero-order valence-electron chi connectivity index (χ0n) is 24.2. The van der Waals surface area contributed by atoms with E-state index < -0.39 is 29.8 Å². The van der Waals surface area contributed by atoms with E-state index in [-0.39, 0.29) is 28.2 Å². The molecule has 0 amide bonds. The highest BCUT2D eigenvalue weighted by Crippen LogP contribution is 2.37. The molecule has 1 unspecified atom stereocenters. The molecule has 3 aromatic rings. The second-order valence-electron chi connectivity index (χ2n) is 10.6. The van der Waals surface area contributed by atoms with Crippen molar-refractivity contribution in [3.8, 4) is 33.8 Å². The summed E-state index contributed by atoms with van der Waals surface area (Å²) in [5.41, 5.74) is 7.18. The van der Waals surface area contributed by atoms with Crippen LogP contribution < -0.4 is 9.47 Å². The minimum atomic E-state index is -0.873. The van der Waals surface area contributed by atoms with Crippen LogP contribution in [0.15, 0.2) is 91.1 Å². The van der Waals surface area contributed by atoms with Crippen LogP contribution >= 0.6 is 0 Å². The summed E-state index contributed by atoms with van der Waals surface area (Å²) < 4.78 is 16.4. The summed E-state index contributed by atoms with van der Waals surface area (Å²) in [4.78, 5) is 48.4. The van der Waals surface area contributed by atoms with Gasteiger partial charge in [-0.15, -0.1) is 0 Å². The summed E-state index contributed by atoms with van der Waals surface area (Å²) in [5.74, 6) is -2.32. The van der Waals surface area contributed by atoms with Gasteiger partial charge in [-0.05, 0) is 78.8 Å². The lowest BCUT2D eigenvalue weighted by Gasteiger charge is -2.15. The van der Waals surface area contributed by atoms with E-state index in [1.54, 1.807) is 26.0 Å². The van der Waals surface area contributed by atoms with Crippen LogP contribution in [0.25, 0.3) is 22.3 Å². The summed E-state index contributed by atoms with van der Waals surface area (Å²) in [6, 6.07) is 16.9. The van der Waals surface area contributed by atoms with Gasteiger partial charge < -0.3 is 14.2 Å². The second-order valence-corrected chi connectivity index (χ2v) is 10.6. The predicted molar refractivity (Wildman–Crippen MR) is 160 cm³/mol. The lowest BCUT2D eigenvalue weighted by Crippen LogP contribution is -2.25. The summed E-state index contributed by atoms with van der Waals surface area (Å²) in [5, 5.41) is 0. The Labute approximate surface area is 245 Å². The summed E-state index contributed by atoms with van der Waals surface area (Å²) in [6.07, 6.45) is 0.675. The average Bonchev–Trinajstić information content (AvgIpc) is 3.33. The number of esters is 3. The molecule has 3 aromatic carbocycles. The van der Waals surface area contributed by atoms with Crippen molar-refractivity contribution in [2.75, 3.05) is 0 Å². The Morgan fingerprint density at radius 3 is 1.90 bits per heavy atom. The quantitative estimate of drug-likeness (QED) is 0.128. The Balaban J connectivity index is 1.60. The van der Waals surface area contributed by atoms with Crippen LogP contribution in [0, 0.1) is 6.92 Å². The Hall–Kier alpha value is -5.04. The Kier molecular flexibility index (Phi) is 8.71. The van der Waals surface area contributed by atoms with Crippen molar-refractivity contribution < 1.29 is 33.4 Å². The highest BCUT2D eigenvalue weighted by Gasteiger charge is 2.28. The largest absolute Gasteiger partial charge is 0.456 e. The van der Waals surface area contributed by atoms with E-state index in [9.17, 15) is 19.2 Å². The van der Waals surface area contributed by atoms with Gasteiger partial charge in [-0.2, -0.15) is 0 Å². The molecule has 42 heavy (non-hydrogen) atoms. The fourth-order valence-electron chi connectivity index (χ4n) is 4.63. The zero-order chi connectivity index (χ0) is 30.7. The summed E-state index contributed by atoms with van der Waals surface area (Å²) in [6.45, 7) is 17.3. The minimum Gasteiger partial charge on any atom is -0.456 e. The van der Waals surface area contributed by atoms with Gasteiger partial charge in [-0.1, -0.05) is 56.1 Å². The molecule has 0 heterocycles. The molecule has 0 radical (unpaired) electrons. The van der Waals surface area contributed by atoms with Crippen LogP contribution in [-0.4, -0.2) is 29.8 Å². The number of rotatable bonds is 9. The molecule has 214 valence electrons. The first-order valence-corrected chi connectivity index (χ1v) is 13.4. The van der Waals surface area contributed by atoms with Gasteiger partial charge in [0.25, 0.3) is 5.78 Å². The van der Waals surface area contributed by atoms with Gasteiger partial charge >= 0.3 is 17.9 Å². The second kappa shape index (κ2) is 12.2. The van der Waals surface area contributed by atoms with Gasteiger partial charge in [-0.25, -0.2) is 14.4 Å². The molecule has 0 aliphatic heterocycles. The third kappa shape index (κ3) is 6.63. The van der Waals surface area contributed by atoms with Crippen molar-refractivity contribution in [3.05, 3.63) is 108 Å². The molecule has 7 heteroatoms. The number of carbonyl (C=O) groups is 4. The number of hydrogen-bond donors (Lipinski definition) is 0. The molecular weight excluding hydrogens is 532 g/mol. The number of aryl methyl sites for hydroxylation is 1. The fourth-order valence-corrected chi connectivity index (χ4v) is 4.63. The molecule has 0 spiro atoms. The Morgan fingerprint density at radius 2 is 1.26 bits per heavy atom. The average molecular weight is 565 g/mol. The molecule has 0 N–H and O–H groups in total. The first-order valence-electron chi connectivity index (χ1n) is 13.4. The van der Waals surface area contributed by atoms with Crippen molar-refractivity contribution in [2.45, 2.75) is 46.6 Å². The van der Waals surface area contributed by atoms with E-state index in [4.69, 9.17) is 14.2 Å². The number of hydrogen-bond acceptors (Lipinski definition) is 7. The Morgan fingerprint density at radius 1 is 0.667 bits per heavy atom. The maximum Gasteiger partial charge on any atom is 0.379 e.